The molecule has 104 valence electrons. The van der Waals surface area contributed by atoms with E-state index in [1.54, 1.807) is 25.3 Å². The van der Waals surface area contributed by atoms with Crippen molar-refractivity contribution in [2.75, 3.05) is 7.11 Å². The van der Waals surface area contributed by atoms with Crippen LogP contribution in [0, 0.1) is 0 Å². The highest BCUT2D eigenvalue weighted by Gasteiger charge is 2.02. The Labute approximate surface area is 116 Å². The van der Waals surface area contributed by atoms with Gasteiger partial charge < -0.3 is 9.84 Å². The minimum atomic E-state index is 0.284. The Morgan fingerprint density at radius 3 is 2.58 bits per heavy atom. The lowest BCUT2D eigenvalue weighted by molar-refractivity contribution is 0.408. The maximum atomic E-state index is 9.52. The van der Waals surface area contributed by atoms with E-state index in [0.717, 1.165) is 30.6 Å². The molecule has 0 saturated heterocycles. The van der Waals surface area contributed by atoms with E-state index < -0.39 is 0 Å². The molecule has 0 amide bonds. The molecule has 0 heterocycles. The summed E-state index contributed by atoms with van der Waals surface area (Å²) in [6, 6.07) is 5.21. The second-order valence-electron chi connectivity index (χ2n) is 5.07. The summed E-state index contributed by atoms with van der Waals surface area (Å²) in [6.45, 7) is 6.39. The van der Waals surface area contributed by atoms with Gasteiger partial charge >= 0.3 is 0 Å². The lowest BCUT2D eigenvalue weighted by Crippen LogP contribution is -1.91. The zero-order chi connectivity index (χ0) is 14.3. The predicted octanol–water partition coefficient (Wildman–Crippen LogP) is 4.64. The third-order valence-corrected chi connectivity index (χ3v) is 3.03. The molecule has 0 aliphatic heterocycles. The van der Waals surface area contributed by atoms with Gasteiger partial charge in [0.05, 0.1) is 7.11 Å². The lowest BCUT2D eigenvalue weighted by Gasteiger charge is -2.07. The van der Waals surface area contributed by atoms with Gasteiger partial charge in [0.25, 0.3) is 0 Å². The number of hydrogen-bond acceptors (Lipinski definition) is 2. The molecule has 2 nitrogen and oxygen atoms in total. The molecule has 0 radical (unpaired) electrons. The van der Waals surface area contributed by atoms with Gasteiger partial charge in [-0.25, -0.2) is 0 Å². The molecular formula is C17H24O2. The largest absolute Gasteiger partial charge is 0.508 e. The quantitative estimate of drug-likeness (QED) is 0.755. The van der Waals surface area contributed by atoms with Gasteiger partial charge in [-0.1, -0.05) is 23.3 Å². The first-order valence-electron chi connectivity index (χ1n) is 6.67. The van der Waals surface area contributed by atoms with Gasteiger partial charge in [-0.2, -0.15) is 0 Å². The molecule has 0 unspecified atom stereocenters. The number of benzene rings is 1. The maximum absolute atomic E-state index is 9.52. The van der Waals surface area contributed by atoms with E-state index in [0.29, 0.717) is 0 Å². The maximum Gasteiger partial charge on any atom is 0.122 e. The van der Waals surface area contributed by atoms with E-state index in [9.17, 15) is 5.11 Å². The van der Waals surface area contributed by atoms with Crippen molar-refractivity contribution in [3.05, 3.63) is 47.1 Å². The van der Waals surface area contributed by atoms with Crippen LogP contribution in [0.25, 0.3) is 0 Å². The van der Waals surface area contributed by atoms with Crippen LogP contribution in [0.1, 0.15) is 39.2 Å². The molecule has 0 aliphatic carbocycles. The molecule has 0 atom stereocenters. The molecule has 0 aromatic heterocycles. The summed E-state index contributed by atoms with van der Waals surface area (Å²) in [5, 5.41) is 9.52. The highest BCUT2D eigenvalue weighted by molar-refractivity contribution is 5.40. The molecule has 1 aromatic carbocycles. The minimum Gasteiger partial charge on any atom is -0.508 e. The number of methoxy groups -OCH3 is 1. The van der Waals surface area contributed by atoms with Crippen LogP contribution in [0.4, 0.5) is 0 Å². The van der Waals surface area contributed by atoms with E-state index in [4.69, 9.17) is 4.74 Å². The van der Waals surface area contributed by atoms with Crippen LogP contribution in [-0.2, 0) is 6.42 Å². The summed E-state index contributed by atoms with van der Waals surface area (Å²) in [6.07, 6.45) is 7.41. The molecule has 0 spiro atoms. The van der Waals surface area contributed by atoms with Gasteiger partial charge in [0.1, 0.15) is 11.5 Å². The first-order chi connectivity index (χ1) is 9.02. The van der Waals surface area contributed by atoms with Crippen LogP contribution >= 0.6 is 0 Å². The topological polar surface area (TPSA) is 29.5 Å². The zero-order valence-corrected chi connectivity index (χ0v) is 12.4. The van der Waals surface area contributed by atoms with Crippen LogP contribution in [0.15, 0.2) is 41.5 Å². The summed E-state index contributed by atoms with van der Waals surface area (Å²) in [7, 11) is 1.65. The Balaban J connectivity index is 2.64. The van der Waals surface area contributed by atoms with Gasteiger partial charge in [0, 0.05) is 5.56 Å². The summed E-state index contributed by atoms with van der Waals surface area (Å²) in [4.78, 5) is 0. The van der Waals surface area contributed by atoms with Gasteiger partial charge in [-0.15, -0.1) is 0 Å². The SMILES string of the molecule is COc1ccc(O)cc1CC=C(C)CCC=C(C)C. The van der Waals surface area contributed by atoms with Gasteiger partial charge in [-0.05, 0) is 58.2 Å². The van der Waals surface area contributed by atoms with E-state index in [2.05, 4.69) is 32.9 Å². The van der Waals surface area contributed by atoms with Crippen molar-refractivity contribution in [1.29, 1.82) is 0 Å². The Kier molecular flexibility index (Phi) is 6.20. The fraction of sp³-hybridized carbons (Fsp3) is 0.412. The van der Waals surface area contributed by atoms with Gasteiger partial charge in [0.2, 0.25) is 0 Å². The monoisotopic (exact) mass is 260 g/mol. The Morgan fingerprint density at radius 2 is 1.95 bits per heavy atom. The van der Waals surface area contributed by atoms with Crippen molar-refractivity contribution in [3.8, 4) is 11.5 Å². The Morgan fingerprint density at radius 1 is 1.21 bits per heavy atom. The van der Waals surface area contributed by atoms with E-state index in [1.165, 1.54) is 11.1 Å². The van der Waals surface area contributed by atoms with Gasteiger partial charge in [-0.3, -0.25) is 0 Å². The number of rotatable bonds is 6. The second-order valence-corrected chi connectivity index (χ2v) is 5.07. The average molecular weight is 260 g/mol. The van der Waals surface area contributed by atoms with Gasteiger partial charge in [0.15, 0.2) is 0 Å². The fourth-order valence-electron chi connectivity index (χ4n) is 1.90. The molecule has 0 aliphatic rings. The Hall–Kier alpha value is -1.70. The first-order valence-corrected chi connectivity index (χ1v) is 6.67. The number of phenolic OH excluding ortho intramolecular Hbond substituents is 1. The van der Waals surface area contributed by atoms with Crippen LogP contribution < -0.4 is 4.74 Å². The van der Waals surface area contributed by atoms with E-state index >= 15 is 0 Å². The number of phenols is 1. The molecule has 2 heteroatoms. The van der Waals surface area contributed by atoms with Crippen molar-refractivity contribution in [3.63, 3.8) is 0 Å². The molecule has 0 saturated carbocycles. The van der Waals surface area contributed by atoms with Crippen molar-refractivity contribution in [1.82, 2.24) is 0 Å². The normalized spacial score (nSPS) is 11.3. The van der Waals surface area contributed by atoms with E-state index in [1.807, 2.05) is 0 Å². The van der Waals surface area contributed by atoms with Crippen LogP contribution in [-0.4, -0.2) is 12.2 Å². The van der Waals surface area contributed by atoms with Crippen LogP contribution in [0.3, 0.4) is 0 Å². The highest BCUT2D eigenvalue weighted by atomic mass is 16.5. The molecular weight excluding hydrogens is 236 g/mol. The number of hydrogen-bond donors (Lipinski definition) is 1. The molecule has 19 heavy (non-hydrogen) atoms. The third kappa shape index (κ3) is 5.64. The number of aromatic hydroxyl groups is 1. The number of allylic oxidation sites excluding steroid dienone is 4. The summed E-state index contributed by atoms with van der Waals surface area (Å²) in [5.41, 5.74) is 3.74. The lowest BCUT2D eigenvalue weighted by atomic mass is 10.1. The second kappa shape index (κ2) is 7.67. The smallest absolute Gasteiger partial charge is 0.122 e. The molecule has 1 N–H and O–H groups in total. The highest BCUT2D eigenvalue weighted by Crippen LogP contribution is 2.24. The van der Waals surface area contributed by atoms with Crippen molar-refractivity contribution in [2.45, 2.75) is 40.0 Å². The first kappa shape index (κ1) is 15.4. The fourth-order valence-corrected chi connectivity index (χ4v) is 1.90. The average Bonchev–Trinajstić information content (AvgIpc) is 2.36. The summed E-state index contributed by atoms with van der Waals surface area (Å²) < 4.78 is 5.30. The molecule has 0 fully saturated rings. The number of ether oxygens (including phenoxy) is 1. The minimum absolute atomic E-state index is 0.284. The van der Waals surface area contributed by atoms with Crippen molar-refractivity contribution < 1.29 is 9.84 Å². The molecule has 1 rings (SSSR count). The Bertz CT molecular complexity index is 466. The zero-order valence-electron chi connectivity index (χ0n) is 12.4. The summed E-state index contributed by atoms with van der Waals surface area (Å²) >= 11 is 0. The summed E-state index contributed by atoms with van der Waals surface area (Å²) in [5.74, 6) is 1.11. The van der Waals surface area contributed by atoms with E-state index in [-0.39, 0.29) is 5.75 Å². The molecule has 1 aromatic rings. The predicted molar refractivity (Wildman–Crippen MR) is 80.8 cm³/mol. The third-order valence-electron chi connectivity index (χ3n) is 3.03. The van der Waals surface area contributed by atoms with Crippen LogP contribution in [0.5, 0.6) is 11.5 Å². The molecule has 0 bridgehead atoms. The van der Waals surface area contributed by atoms with Crippen molar-refractivity contribution >= 4 is 0 Å². The standard InChI is InChI=1S/C17H24O2/c1-13(2)6-5-7-14(3)8-9-15-12-16(18)10-11-17(15)19-4/h6,8,10-12,18H,5,7,9H2,1-4H3. The van der Waals surface area contributed by atoms with Crippen LogP contribution in [0.2, 0.25) is 0 Å². The van der Waals surface area contributed by atoms with Crippen molar-refractivity contribution in [2.24, 2.45) is 0 Å².